The fourth-order valence-electron chi connectivity index (χ4n) is 2.25. The zero-order chi connectivity index (χ0) is 15.0. The van der Waals surface area contributed by atoms with E-state index < -0.39 is 0 Å². The molecule has 6 heteroatoms. The molecule has 3 aromatic rings. The van der Waals surface area contributed by atoms with Crippen LogP contribution in [0.3, 0.4) is 0 Å². The molecule has 0 atom stereocenters. The Morgan fingerprint density at radius 3 is 2.71 bits per heavy atom. The summed E-state index contributed by atoms with van der Waals surface area (Å²) in [7, 11) is 0. The van der Waals surface area contributed by atoms with Gasteiger partial charge in [0.25, 0.3) is 0 Å². The number of imidazole rings is 1. The summed E-state index contributed by atoms with van der Waals surface area (Å²) < 4.78 is 16.0. The van der Waals surface area contributed by atoms with Gasteiger partial charge in [-0.15, -0.1) is 11.6 Å². The van der Waals surface area contributed by atoms with Crippen molar-refractivity contribution < 1.29 is 4.39 Å². The maximum atomic E-state index is 13.6. The molecule has 1 aromatic heterocycles. The Morgan fingerprint density at radius 1 is 1.24 bits per heavy atom. The molecule has 0 saturated heterocycles. The van der Waals surface area contributed by atoms with Crippen molar-refractivity contribution in [3.63, 3.8) is 0 Å². The molecule has 0 fully saturated rings. The minimum Gasteiger partial charge on any atom is -0.322 e. The lowest BCUT2D eigenvalue weighted by molar-refractivity contribution is 0.622. The second kappa shape index (κ2) is 5.95. The van der Waals surface area contributed by atoms with Gasteiger partial charge in [-0.05, 0) is 33.6 Å². The number of nitrogens with zero attached hydrogens (tertiary/aromatic N) is 2. The first kappa shape index (κ1) is 14.8. The van der Waals surface area contributed by atoms with Crippen LogP contribution in [0.25, 0.3) is 11.0 Å². The highest BCUT2D eigenvalue weighted by atomic mass is 79.9. The van der Waals surface area contributed by atoms with Crippen LogP contribution >= 0.6 is 39.1 Å². The van der Waals surface area contributed by atoms with E-state index in [-0.39, 0.29) is 11.7 Å². The molecular weight excluding hydrogens is 378 g/mol. The number of benzene rings is 2. The lowest BCUT2D eigenvalue weighted by Crippen LogP contribution is -2.04. The predicted octanol–water partition coefficient (Wildman–Crippen LogP) is 5.38. The number of alkyl halides is 1. The predicted molar refractivity (Wildman–Crippen MR) is 87.5 cm³/mol. The van der Waals surface area contributed by atoms with Gasteiger partial charge in [0.2, 0.25) is 0 Å². The highest BCUT2D eigenvalue weighted by Gasteiger charge is 2.14. The Kier molecular flexibility index (Phi) is 4.20. The molecule has 21 heavy (non-hydrogen) atoms. The van der Waals surface area contributed by atoms with Crippen molar-refractivity contribution in [2.45, 2.75) is 12.4 Å². The Balaban J connectivity index is 2.16. The fraction of sp³-hybridized carbons (Fsp3) is 0.133. The summed E-state index contributed by atoms with van der Waals surface area (Å²) in [5.41, 5.74) is 2.36. The van der Waals surface area contributed by atoms with E-state index in [0.29, 0.717) is 27.4 Å². The van der Waals surface area contributed by atoms with Crippen molar-refractivity contribution in [2.75, 3.05) is 0 Å². The molecule has 0 spiro atoms. The van der Waals surface area contributed by atoms with Crippen LogP contribution in [0.5, 0.6) is 0 Å². The number of halogens is 4. The zero-order valence-corrected chi connectivity index (χ0v) is 13.9. The van der Waals surface area contributed by atoms with E-state index >= 15 is 0 Å². The van der Waals surface area contributed by atoms with E-state index in [4.69, 9.17) is 23.2 Å². The Labute approximate surface area is 139 Å². The van der Waals surface area contributed by atoms with Crippen molar-refractivity contribution in [2.24, 2.45) is 0 Å². The van der Waals surface area contributed by atoms with Crippen molar-refractivity contribution in [3.05, 3.63) is 63.1 Å². The highest BCUT2D eigenvalue weighted by molar-refractivity contribution is 9.10. The van der Waals surface area contributed by atoms with Crippen LogP contribution in [0.15, 0.2) is 40.9 Å². The Morgan fingerprint density at radius 2 is 2.00 bits per heavy atom. The second-order valence-electron chi connectivity index (χ2n) is 4.59. The Bertz CT molecular complexity index is 817. The van der Waals surface area contributed by atoms with E-state index in [1.807, 2.05) is 28.8 Å². The summed E-state index contributed by atoms with van der Waals surface area (Å²) >= 11 is 15.4. The van der Waals surface area contributed by atoms with E-state index in [2.05, 4.69) is 20.9 Å². The first-order valence-corrected chi connectivity index (χ1v) is 7.94. The third-order valence-corrected chi connectivity index (χ3v) is 4.49. The molecule has 0 saturated carbocycles. The monoisotopic (exact) mass is 386 g/mol. The van der Waals surface area contributed by atoms with Crippen LogP contribution in [-0.4, -0.2) is 9.55 Å². The van der Waals surface area contributed by atoms with Gasteiger partial charge in [-0.25, -0.2) is 9.37 Å². The van der Waals surface area contributed by atoms with Gasteiger partial charge in [0.1, 0.15) is 11.6 Å². The average molecular weight is 388 g/mol. The molecule has 0 aliphatic rings. The molecule has 0 aliphatic carbocycles. The molecule has 2 nitrogen and oxygen atoms in total. The fourth-order valence-corrected chi connectivity index (χ4v) is 2.98. The Hall–Kier alpha value is -1.10. The first-order valence-electron chi connectivity index (χ1n) is 6.23. The van der Waals surface area contributed by atoms with Gasteiger partial charge in [-0.1, -0.05) is 29.8 Å². The van der Waals surface area contributed by atoms with Gasteiger partial charge in [-0.3, -0.25) is 0 Å². The number of aromatic nitrogens is 2. The molecule has 1 heterocycles. The molecular formula is C15H10BrCl2FN2. The first-order chi connectivity index (χ1) is 10.1. The standard InChI is InChI=1S/C15H10BrCl2FN2/c16-10-5-14-13(6-12(10)19)20-15(7-17)21(14)8-9-3-1-2-4-11(9)18/h1-6H,7-8H2. The summed E-state index contributed by atoms with van der Waals surface area (Å²) in [6.07, 6.45) is 0. The summed E-state index contributed by atoms with van der Waals surface area (Å²) in [4.78, 5) is 4.39. The van der Waals surface area contributed by atoms with Gasteiger partial charge < -0.3 is 4.57 Å². The lowest BCUT2D eigenvalue weighted by Gasteiger charge is -2.09. The maximum Gasteiger partial charge on any atom is 0.139 e. The van der Waals surface area contributed by atoms with Crippen LogP contribution in [0.1, 0.15) is 11.4 Å². The SMILES string of the molecule is Fc1cc2nc(CCl)n(Cc3ccccc3Cl)c2cc1Br. The minimum atomic E-state index is -0.342. The van der Waals surface area contributed by atoms with Gasteiger partial charge in [-0.2, -0.15) is 0 Å². The van der Waals surface area contributed by atoms with Crippen molar-refractivity contribution >= 4 is 50.2 Å². The quantitative estimate of drug-likeness (QED) is 0.551. The lowest BCUT2D eigenvalue weighted by atomic mass is 10.2. The van der Waals surface area contributed by atoms with Crippen molar-refractivity contribution in [3.8, 4) is 0 Å². The third kappa shape index (κ3) is 2.80. The normalized spacial score (nSPS) is 11.2. The van der Waals surface area contributed by atoms with Crippen LogP contribution in [0, 0.1) is 5.82 Å². The molecule has 2 aromatic carbocycles. The molecule has 0 radical (unpaired) electrons. The maximum absolute atomic E-state index is 13.6. The summed E-state index contributed by atoms with van der Waals surface area (Å²) in [5, 5.41) is 0.682. The molecule has 0 aliphatic heterocycles. The highest BCUT2D eigenvalue weighted by Crippen LogP contribution is 2.27. The number of hydrogen-bond acceptors (Lipinski definition) is 1. The molecule has 0 amide bonds. The second-order valence-corrected chi connectivity index (χ2v) is 6.12. The summed E-state index contributed by atoms with van der Waals surface area (Å²) in [6, 6.07) is 10.7. The average Bonchev–Trinajstić information content (AvgIpc) is 2.79. The van der Waals surface area contributed by atoms with Crippen molar-refractivity contribution in [1.82, 2.24) is 9.55 Å². The van der Waals surface area contributed by atoms with E-state index in [9.17, 15) is 4.39 Å². The zero-order valence-electron chi connectivity index (χ0n) is 10.8. The van der Waals surface area contributed by atoms with Crippen LogP contribution in [-0.2, 0) is 12.4 Å². The summed E-state index contributed by atoms with van der Waals surface area (Å²) in [6.45, 7) is 0.538. The van der Waals surface area contributed by atoms with Crippen LogP contribution in [0.2, 0.25) is 5.02 Å². The number of hydrogen-bond donors (Lipinski definition) is 0. The number of fused-ring (bicyclic) bond motifs is 1. The van der Waals surface area contributed by atoms with E-state index in [0.717, 1.165) is 11.1 Å². The van der Waals surface area contributed by atoms with E-state index in [1.165, 1.54) is 6.07 Å². The molecule has 0 unspecified atom stereocenters. The van der Waals surface area contributed by atoms with Crippen LogP contribution in [0.4, 0.5) is 4.39 Å². The van der Waals surface area contributed by atoms with E-state index in [1.54, 1.807) is 6.07 Å². The molecule has 3 rings (SSSR count). The topological polar surface area (TPSA) is 17.8 Å². The van der Waals surface area contributed by atoms with Gasteiger partial charge in [0.15, 0.2) is 0 Å². The number of rotatable bonds is 3. The summed E-state index contributed by atoms with van der Waals surface area (Å²) in [5.74, 6) is 0.591. The van der Waals surface area contributed by atoms with Gasteiger partial charge in [0.05, 0.1) is 27.9 Å². The molecule has 0 bridgehead atoms. The largest absolute Gasteiger partial charge is 0.322 e. The minimum absolute atomic E-state index is 0.248. The molecule has 108 valence electrons. The van der Waals surface area contributed by atoms with Gasteiger partial charge >= 0.3 is 0 Å². The smallest absolute Gasteiger partial charge is 0.139 e. The van der Waals surface area contributed by atoms with Crippen LogP contribution < -0.4 is 0 Å². The van der Waals surface area contributed by atoms with Crippen molar-refractivity contribution in [1.29, 1.82) is 0 Å². The van der Waals surface area contributed by atoms with Gasteiger partial charge in [0, 0.05) is 11.1 Å². The molecule has 0 N–H and O–H groups in total. The third-order valence-electron chi connectivity index (χ3n) is 3.28.